The van der Waals surface area contributed by atoms with Crippen molar-refractivity contribution < 1.29 is 23.8 Å². The number of benzene rings is 2. The number of thiazole rings is 1. The average molecular weight is 486 g/mol. The van der Waals surface area contributed by atoms with E-state index < -0.39 is 5.97 Å². The van der Waals surface area contributed by atoms with Gasteiger partial charge >= 0.3 is 5.97 Å². The second kappa shape index (κ2) is 9.13. The molecule has 0 spiro atoms. The third-order valence-corrected chi connectivity index (χ3v) is 6.38. The monoisotopic (exact) mass is 485 g/mol. The second-order valence-electron chi connectivity index (χ2n) is 7.13. The number of carbonyl (C=O) groups excluding carboxylic acids is 1. The van der Waals surface area contributed by atoms with Crippen molar-refractivity contribution in [1.82, 2.24) is 4.98 Å². The molecule has 0 atom stereocenters. The van der Waals surface area contributed by atoms with Crippen molar-refractivity contribution in [2.45, 2.75) is 13.8 Å². The van der Waals surface area contributed by atoms with Gasteiger partial charge < -0.3 is 19.0 Å². The minimum absolute atomic E-state index is 0.0248. The van der Waals surface area contributed by atoms with Crippen molar-refractivity contribution in [3.05, 3.63) is 62.9 Å². The molecule has 2 aromatic carbocycles. The summed E-state index contributed by atoms with van der Waals surface area (Å²) in [6.45, 7) is 3.61. The Kier molecular flexibility index (Phi) is 6.26. The fraction of sp³-hybridized carbons (Fsp3) is 0.174. The molecule has 2 aromatic heterocycles. The Morgan fingerprint density at radius 1 is 1.21 bits per heavy atom. The molecule has 0 fully saturated rings. The average Bonchev–Trinajstić information content (AvgIpc) is 3.18. The minimum atomic E-state index is -0.451. The SMILES string of the molecule is COC(=O)c1sc(N/N=c2\cc(-c3ccc(O)c(OC)c3)oc3cc(C)c(Cl)cc23)nc1C. The van der Waals surface area contributed by atoms with E-state index in [1.807, 2.05) is 13.0 Å². The van der Waals surface area contributed by atoms with Crippen LogP contribution in [-0.2, 0) is 4.74 Å². The summed E-state index contributed by atoms with van der Waals surface area (Å²) >= 11 is 7.50. The number of nitrogens with one attached hydrogen (secondary N) is 1. The first-order valence-electron chi connectivity index (χ1n) is 9.77. The smallest absolute Gasteiger partial charge is 0.350 e. The van der Waals surface area contributed by atoms with Gasteiger partial charge in [0.15, 0.2) is 11.5 Å². The molecule has 2 N–H and O–H groups in total. The second-order valence-corrected chi connectivity index (χ2v) is 8.54. The van der Waals surface area contributed by atoms with E-state index in [1.54, 1.807) is 31.2 Å². The molecule has 0 saturated heterocycles. The number of fused-ring (bicyclic) bond motifs is 1. The van der Waals surface area contributed by atoms with Crippen LogP contribution in [0.3, 0.4) is 0 Å². The molecule has 0 aliphatic heterocycles. The zero-order valence-corrected chi connectivity index (χ0v) is 19.8. The summed E-state index contributed by atoms with van der Waals surface area (Å²) in [5.41, 5.74) is 5.58. The number of hydrogen-bond donors (Lipinski definition) is 2. The van der Waals surface area contributed by atoms with Gasteiger partial charge in [-0.15, -0.1) is 0 Å². The number of ether oxygens (including phenoxy) is 2. The van der Waals surface area contributed by atoms with Gasteiger partial charge in [0.25, 0.3) is 0 Å². The summed E-state index contributed by atoms with van der Waals surface area (Å²) in [5.74, 6) is 0.401. The topological polar surface area (TPSA) is 106 Å². The summed E-state index contributed by atoms with van der Waals surface area (Å²) < 4.78 is 16.1. The number of carbonyl (C=O) groups is 1. The number of methoxy groups -OCH3 is 2. The summed E-state index contributed by atoms with van der Waals surface area (Å²) in [7, 11) is 2.80. The van der Waals surface area contributed by atoms with E-state index in [2.05, 4.69) is 15.5 Å². The third-order valence-electron chi connectivity index (χ3n) is 4.93. The van der Waals surface area contributed by atoms with Crippen molar-refractivity contribution in [3.8, 4) is 22.8 Å². The molecule has 0 aliphatic rings. The van der Waals surface area contributed by atoms with Gasteiger partial charge in [-0.25, -0.2) is 9.78 Å². The lowest BCUT2D eigenvalue weighted by atomic mass is 10.1. The Morgan fingerprint density at radius 2 is 2.00 bits per heavy atom. The number of aromatic hydroxyl groups is 1. The maximum Gasteiger partial charge on any atom is 0.350 e. The number of phenols is 1. The highest BCUT2D eigenvalue weighted by Crippen LogP contribution is 2.33. The Labute approximate surface area is 198 Å². The van der Waals surface area contributed by atoms with Crippen LogP contribution in [0, 0.1) is 13.8 Å². The summed E-state index contributed by atoms with van der Waals surface area (Å²) in [6, 6.07) is 10.3. The van der Waals surface area contributed by atoms with Gasteiger partial charge in [-0.05, 0) is 49.7 Å². The first-order chi connectivity index (χ1) is 15.8. The molecule has 4 aromatic rings. The Balaban J connectivity index is 1.86. The van der Waals surface area contributed by atoms with E-state index >= 15 is 0 Å². The summed E-state index contributed by atoms with van der Waals surface area (Å²) in [5, 5.41) is 16.7. The molecule has 0 unspecified atom stereocenters. The quantitative estimate of drug-likeness (QED) is 0.293. The molecular formula is C23H20ClN3O5S. The van der Waals surface area contributed by atoms with Crippen molar-refractivity contribution >= 4 is 45.0 Å². The highest BCUT2D eigenvalue weighted by molar-refractivity contribution is 7.17. The predicted molar refractivity (Wildman–Crippen MR) is 127 cm³/mol. The van der Waals surface area contributed by atoms with Crippen LogP contribution in [0.2, 0.25) is 5.02 Å². The summed E-state index contributed by atoms with van der Waals surface area (Å²) in [4.78, 5) is 16.6. The van der Waals surface area contributed by atoms with Gasteiger partial charge in [0, 0.05) is 22.0 Å². The van der Waals surface area contributed by atoms with Crippen molar-refractivity contribution in [3.63, 3.8) is 0 Å². The number of rotatable bonds is 5. The number of phenolic OH excluding ortho intramolecular Hbond substituents is 1. The lowest BCUT2D eigenvalue weighted by Gasteiger charge is -2.09. The van der Waals surface area contributed by atoms with Crippen LogP contribution < -0.4 is 15.5 Å². The van der Waals surface area contributed by atoms with Crippen molar-refractivity contribution in [1.29, 1.82) is 0 Å². The van der Waals surface area contributed by atoms with Crippen LogP contribution in [0.25, 0.3) is 22.3 Å². The number of aromatic nitrogens is 1. The number of halogens is 1. The Morgan fingerprint density at radius 3 is 2.73 bits per heavy atom. The molecule has 2 heterocycles. The molecular weight excluding hydrogens is 466 g/mol. The number of hydrogen-bond acceptors (Lipinski definition) is 9. The van der Waals surface area contributed by atoms with Gasteiger partial charge in [0.1, 0.15) is 16.2 Å². The van der Waals surface area contributed by atoms with Gasteiger partial charge in [0.05, 0.1) is 25.3 Å². The highest BCUT2D eigenvalue weighted by atomic mass is 35.5. The predicted octanol–water partition coefficient (Wildman–Crippen LogP) is 5.26. The van der Waals surface area contributed by atoms with Gasteiger partial charge in [-0.2, -0.15) is 5.10 Å². The van der Waals surface area contributed by atoms with Crippen LogP contribution >= 0.6 is 22.9 Å². The first kappa shape index (κ1) is 22.6. The molecule has 4 rings (SSSR count). The minimum Gasteiger partial charge on any atom is -0.504 e. The maximum atomic E-state index is 11.9. The molecule has 0 bridgehead atoms. The third kappa shape index (κ3) is 4.50. The van der Waals surface area contributed by atoms with Crippen LogP contribution in [0.4, 0.5) is 5.13 Å². The van der Waals surface area contributed by atoms with E-state index in [9.17, 15) is 9.90 Å². The zero-order chi connectivity index (χ0) is 23.7. The van der Waals surface area contributed by atoms with Gasteiger partial charge in [-0.3, -0.25) is 5.43 Å². The van der Waals surface area contributed by atoms with E-state index in [0.29, 0.717) is 54.1 Å². The molecule has 8 nitrogen and oxygen atoms in total. The van der Waals surface area contributed by atoms with Gasteiger partial charge in [0.2, 0.25) is 5.13 Å². The fourth-order valence-corrected chi connectivity index (χ4v) is 4.18. The van der Waals surface area contributed by atoms with E-state index in [0.717, 1.165) is 16.9 Å². The van der Waals surface area contributed by atoms with Crippen LogP contribution in [0.5, 0.6) is 11.5 Å². The zero-order valence-electron chi connectivity index (χ0n) is 18.2. The van der Waals surface area contributed by atoms with Crippen LogP contribution in [-0.4, -0.2) is 30.3 Å². The Hall–Kier alpha value is -3.56. The maximum absolute atomic E-state index is 11.9. The standard InChI is InChI=1S/C23H20ClN3O5S/c1-11-7-19-14(9-15(11)24)16(26-27-23-25-12(2)21(33-23)22(29)31-4)10-18(32-19)13-5-6-17(28)20(8-13)30-3/h5-10,28H,1-4H3,(H,25,27)/b26-16+. The molecule has 0 saturated carbocycles. The molecule has 0 aliphatic carbocycles. The molecule has 0 radical (unpaired) electrons. The lowest BCUT2D eigenvalue weighted by Crippen LogP contribution is -2.07. The van der Waals surface area contributed by atoms with E-state index in [-0.39, 0.29) is 5.75 Å². The molecule has 170 valence electrons. The van der Waals surface area contributed by atoms with E-state index in [1.165, 1.54) is 20.3 Å². The van der Waals surface area contributed by atoms with Crippen LogP contribution in [0.15, 0.2) is 45.9 Å². The highest BCUT2D eigenvalue weighted by Gasteiger charge is 2.16. The number of nitrogens with zero attached hydrogens (tertiary/aromatic N) is 2. The molecule has 33 heavy (non-hydrogen) atoms. The number of aryl methyl sites for hydroxylation is 2. The van der Waals surface area contributed by atoms with Gasteiger partial charge in [-0.1, -0.05) is 22.9 Å². The largest absolute Gasteiger partial charge is 0.504 e. The van der Waals surface area contributed by atoms with E-state index in [4.69, 9.17) is 25.5 Å². The molecule has 0 amide bonds. The Bertz CT molecular complexity index is 1440. The number of anilines is 1. The van der Waals surface area contributed by atoms with Crippen molar-refractivity contribution in [2.24, 2.45) is 5.10 Å². The van der Waals surface area contributed by atoms with Crippen LogP contribution in [0.1, 0.15) is 20.9 Å². The van der Waals surface area contributed by atoms with Crippen molar-refractivity contribution in [2.75, 3.05) is 19.6 Å². The number of esters is 1. The summed E-state index contributed by atoms with van der Waals surface area (Å²) in [6.07, 6.45) is 0. The molecule has 10 heteroatoms. The normalized spacial score (nSPS) is 11.6. The fourth-order valence-electron chi connectivity index (χ4n) is 3.19. The lowest BCUT2D eigenvalue weighted by molar-refractivity contribution is 0.0605. The first-order valence-corrected chi connectivity index (χ1v) is 11.0.